The number of nitrogens with one attached hydrogen (secondary N) is 1. The van der Waals surface area contributed by atoms with Crippen molar-refractivity contribution in [3.63, 3.8) is 0 Å². The van der Waals surface area contributed by atoms with Crippen molar-refractivity contribution >= 4 is 50.2 Å². The molecule has 0 saturated carbocycles. The molecule has 0 aliphatic heterocycles. The summed E-state index contributed by atoms with van der Waals surface area (Å²) in [6.45, 7) is 1.91. The van der Waals surface area contributed by atoms with E-state index >= 15 is 0 Å². The molecule has 2 rings (SSSR count). The van der Waals surface area contributed by atoms with Gasteiger partial charge in [-0.05, 0) is 59.3 Å². The molecule has 0 fully saturated rings. The molecule has 92 valence electrons. The van der Waals surface area contributed by atoms with Gasteiger partial charge in [0.2, 0.25) is 0 Å². The monoisotopic (exact) mass is 416 g/mol. The summed E-state index contributed by atoms with van der Waals surface area (Å²) < 4.78 is 1.91. The van der Waals surface area contributed by atoms with Gasteiger partial charge in [0.05, 0.1) is 0 Å². The number of rotatable bonds is 2. The molecule has 2 aromatic rings. The van der Waals surface area contributed by atoms with Gasteiger partial charge in [-0.2, -0.15) is 0 Å². The standard InChI is InChI=1S/C13H10BrIN2O/c1-8-2-3-9(14)6-11(8)13(18)17-12-5-4-10(15)7-16-12/h2-7H,1H3,(H,16,17,18). The van der Waals surface area contributed by atoms with Crippen molar-refractivity contribution in [3.05, 3.63) is 55.7 Å². The summed E-state index contributed by atoms with van der Waals surface area (Å²) in [6.07, 6.45) is 1.71. The highest BCUT2D eigenvalue weighted by Gasteiger charge is 2.10. The number of pyridine rings is 1. The Balaban J connectivity index is 2.21. The van der Waals surface area contributed by atoms with E-state index < -0.39 is 0 Å². The van der Waals surface area contributed by atoms with Crippen LogP contribution in [-0.2, 0) is 0 Å². The Bertz CT molecular complexity index is 584. The third-order valence-electron chi connectivity index (χ3n) is 2.41. The van der Waals surface area contributed by atoms with Crippen molar-refractivity contribution in [1.82, 2.24) is 4.98 Å². The number of anilines is 1. The molecule has 0 aliphatic rings. The van der Waals surface area contributed by atoms with E-state index in [-0.39, 0.29) is 5.91 Å². The fraction of sp³-hybridized carbons (Fsp3) is 0.0769. The predicted molar refractivity (Wildman–Crippen MR) is 83.8 cm³/mol. The Morgan fingerprint density at radius 2 is 2.11 bits per heavy atom. The second kappa shape index (κ2) is 5.79. The highest BCUT2D eigenvalue weighted by Crippen LogP contribution is 2.17. The quantitative estimate of drug-likeness (QED) is 0.751. The Morgan fingerprint density at radius 1 is 1.33 bits per heavy atom. The van der Waals surface area contributed by atoms with Gasteiger partial charge in [-0.15, -0.1) is 0 Å². The lowest BCUT2D eigenvalue weighted by atomic mass is 10.1. The summed E-state index contributed by atoms with van der Waals surface area (Å²) in [7, 11) is 0. The van der Waals surface area contributed by atoms with Gasteiger partial charge in [0.15, 0.2) is 0 Å². The van der Waals surface area contributed by atoms with Crippen LogP contribution in [0.4, 0.5) is 5.82 Å². The number of carbonyl (C=O) groups is 1. The van der Waals surface area contributed by atoms with Crippen LogP contribution in [0, 0.1) is 10.5 Å². The van der Waals surface area contributed by atoms with Gasteiger partial charge in [0.1, 0.15) is 5.82 Å². The first kappa shape index (κ1) is 13.5. The van der Waals surface area contributed by atoms with Gasteiger partial charge < -0.3 is 5.32 Å². The maximum atomic E-state index is 12.1. The van der Waals surface area contributed by atoms with Gasteiger partial charge in [-0.3, -0.25) is 4.79 Å². The van der Waals surface area contributed by atoms with Crippen LogP contribution in [0.5, 0.6) is 0 Å². The van der Waals surface area contributed by atoms with Crippen LogP contribution in [0.1, 0.15) is 15.9 Å². The maximum absolute atomic E-state index is 12.1. The maximum Gasteiger partial charge on any atom is 0.257 e. The zero-order valence-corrected chi connectivity index (χ0v) is 13.3. The zero-order valence-electron chi connectivity index (χ0n) is 9.58. The van der Waals surface area contributed by atoms with E-state index in [1.165, 1.54) is 0 Å². The van der Waals surface area contributed by atoms with E-state index in [4.69, 9.17) is 0 Å². The number of benzene rings is 1. The van der Waals surface area contributed by atoms with Gasteiger partial charge in [0, 0.05) is 19.8 Å². The molecule has 0 bridgehead atoms. The number of aryl methyl sites for hydroxylation is 1. The molecule has 0 spiro atoms. The van der Waals surface area contributed by atoms with E-state index in [9.17, 15) is 4.79 Å². The molecule has 0 unspecified atom stereocenters. The number of hydrogen-bond donors (Lipinski definition) is 1. The van der Waals surface area contributed by atoms with Gasteiger partial charge in [-0.25, -0.2) is 4.98 Å². The first-order valence-corrected chi connectivity index (χ1v) is 7.12. The van der Waals surface area contributed by atoms with Crippen molar-refractivity contribution in [3.8, 4) is 0 Å². The molecule has 5 heteroatoms. The SMILES string of the molecule is Cc1ccc(Br)cc1C(=O)Nc1ccc(I)cn1. The van der Waals surface area contributed by atoms with Crippen LogP contribution in [-0.4, -0.2) is 10.9 Å². The lowest BCUT2D eigenvalue weighted by molar-refractivity contribution is 0.102. The lowest BCUT2D eigenvalue weighted by Crippen LogP contribution is -2.14. The van der Waals surface area contributed by atoms with Crippen LogP contribution < -0.4 is 5.32 Å². The number of halogens is 2. The Kier molecular flexibility index (Phi) is 4.34. The van der Waals surface area contributed by atoms with Crippen molar-refractivity contribution in [2.45, 2.75) is 6.92 Å². The molecule has 1 aromatic heterocycles. The highest BCUT2D eigenvalue weighted by molar-refractivity contribution is 14.1. The number of nitrogens with zero attached hydrogens (tertiary/aromatic N) is 1. The molecular formula is C13H10BrIN2O. The minimum Gasteiger partial charge on any atom is -0.307 e. The molecule has 0 atom stereocenters. The molecular weight excluding hydrogens is 407 g/mol. The molecule has 1 amide bonds. The smallest absolute Gasteiger partial charge is 0.257 e. The van der Waals surface area contributed by atoms with Gasteiger partial charge in [0.25, 0.3) is 5.91 Å². The van der Waals surface area contributed by atoms with Crippen molar-refractivity contribution in [1.29, 1.82) is 0 Å². The normalized spacial score (nSPS) is 10.2. The van der Waals surface area contributed by atoms with E-state index in [0.29, 0.717) is 11.4 Å². The molecule has 1 N–H and O–H groups in total. The van der Waals surface area contributed by atoms with Crippen molar-refractivity contribution < 1.29 is 4.79 Å². The van der Waals surface area contributed by atoms with E-state index in [0.717, 1.165) is 13.6 Å². The van der Waals surface area contributed by atoms with Crippen molar-refractivity contribution in [2.24, 2.45) is 0 Å². The van der Waals surface area contributed by atoms with E-state index in [1.54, 1.807) is 18.3 Å². The minimum absolute atomic E-state index is 0.150. The van der Waals surface area contributed by atoms with E-state index in [1.807, 2.05) is 25.1 Å². The molecule has 1 aromatic carbocycles. The molecule has 0 aliphatic carbocycles. The molecule has 0 saturated heterocycles. The van der Waals surface area contributed by atoms with Crippen molar-refractivity contribution in [2.75, 3.05) is 5.32 Å². The van der Waals surface area contributed by atoms with Gasteiger partial charge >= 0.3 is 0 Å². The summed E-state index contributed by atoms with van der Waals surface area (Å²) in [4.78, 5) is 16.2. The summed E-state index contributed by atoms with van der Waals surface area (Å²) in [5, 5.41) is 2.78. The minimum atomic E-state index is -0.150. The Morgan fingerprint density at radius 3 is 2.78 bits per heavy atom. The first-order chi connectivity index (χ1) is 8.56. The average molecular weight is 417 g/mol. The number of hydrogen-bond acceptors (Lipinski definition) is 2. The number of aromatic nitrogens is 1. The molecule has 3 nitrogen and oxygen atoms in total. The molecule has 1 heterocycles. The summed E-state index contributed by atoms with van der Waals surface area (Å²) >= 11 is 5.53. The highest BCUT2D eigenvalue weighted by atomic mass is 127. The molecule has 18 heavy (non-hydrogen) atoms. The van der Waals surface area contributed by atoms with Crippen LogP contribution in [0.2, 0.25) is 0 Å². The Hall–Kier alpha value is -0.950. The third-order valence-corrected chi connectivity index (χ3v) is 3.54. The summed E-state index contributed by atoms with van der Waals surface area (Å²) in [6, 6.07) is 9.30. The van der Waals surface area contributed by atoms with Crippen LogP contribution in [0.25, 0.3) is 0 Å². The average Bonchev–Trinajstić information content (AvgIpc) is 2.35. The third kappa shape index (κ3) is 3.29. The predicted octanol–water partition coefficient (Wildman–Crippen LogP) is 4.01. The summed E-state index contributed by atoms with van der Waals surface area (Å²) in [5.74, 6) is 0.405. The van der Waals surface area contributed by atoms with Crippen LogP contribution in [0.15, 0.2) is 41.0 Å². The van der Waals surface area contributed by atoms with Crippen LogP contribution in [0.3, 0.4) is 0 Å². The second-order valence-corrected chi connectivity index (χ2v) is 5.94. The topological polar surface area (TPSA) is 42.0 Å². The van der Waals surface area contributed by atoms with E-state index in [2.05, 4.69) is 48.8 Å². The Labute approximate surface area is 127 Å². The first-order valence-electron chi connectivity index (χ1n) is 5.25. The fourth-order valence-corrected chi connectivity index (χ4v) is 2.15. The largest absolute Gasteiger partial charge is 0.307 e. The number of amides is 1. The van der Waals surface area contributed by atoms with Gasteiger partial charge in [-0.1, -0.05) is 22.0 Å². The summed E-state index contributed by atoms with van der Waals surface area (Å²) in [5.41, 5.74) is 1.57. The second-order valence-electron chi connectivity index (χ2n) is 3.78. The number of carbonyl (C=O) groups excluding carboxylic acids is 1. The molecule has 0 radical (unpaired) electrons. The fourth-order valence-electron chi connectivity index (χ4n) is 1.47. The van der Waals surface area contributed by atoms with Crippen LogP contribution >= 0.6 is 38.5 Å². The lowest BCUT2D eigenvalue weighted by Gasteiger charge is -2.07. The zero-order chi connectivity index (χ0) is 13.1.